The van der Waals surface area contributed by atoms with E-state index in [1.807, 2.05) is 6.07 Å². The van der Waals surface area contributed by atoms with Crippen LogP contribution in [0, 0.1) is 18.3 Å². The van der Waals surface area contributed by atoms with Crippen LogP contribution in [0.15, 0.2) is 47.4 Å². The van der Waals surface area contributed by atoms with Crippen LogP contribution in [0.1, 0.15) is 11.1 Å². The van der Waals surface area contributed by atoms with Gasteiger partial charge < -0.3 is 0 Å². The summed E-state index contributed by atoms with van der Waals surface area (Å²) in [5.41, 5.74) is 1.26. The number of benzene rings is 2. The van der Waals surface area contributed by atoms with E-state index in [0.29, 0.717) is 11.1 Å². The zero-order chi connectivity index (χ0) is 14.8. The lowest BCUT2D eigenvalue weighted by Gasteiger charge is -2.11. The average molecular weight is 307 g/mol. The number of halogens is 1. The first kappa shape index (κ1) is 14.4. The highest BCUT2D eigenvalue weighted by molar-refractivity contribution is 7.92. The summed E-state index contributed by atoms with van der Waals surface area (Å²) in [6.45, 7) is 1.72. The van der Waals surface area contributed by atoms with Crippen molar-refractivity contribution >= 4 is 27.3 Å². The summed E-state index contributed by atoms with van der Waals surface area (Å²) in [6.07, 6.45) is 0. The van der Waals surface area contributed by atoms with Crippen molar-refractivity contribution in [2.45, 2.75) is 11.8 Å². The molecule has 0 aromatic heterocycles. The van der Waals surface area contributed by atoms with E-state index in [1.165, 1.54) is 24.3 Å². The third kappa shape index (κ3) is 2.93. The topological polar surface area (TPSA) is 70.0 Å². The second-order valence-corrected chi connectivity index (χ2v) is 6.24. The van der Waals surface area contributed by atoms with E-state index in [-0.39, 0.29) is 15.6 Å². The molecule has 0 atom stereocenters. The standard InChI is InChI=1S/C14H11ClN2O2S/c1-10-4-2-3-5-14(10)20(18,19)17-13-7-6-11(9-16)8-12(13)15/h2-8,17H,1H3. The van der Waals surface area contributed by atoms with E-state index >= 15 is 0 Å². The smallest absolute Gasteiger partial charge is 0.262 e. The van der Waals surface area contributed by atoms with Crippen LogP contribution < -0.4 is 4.72 Å². The molecule has 2 aromatic carbocycles. The molecule has 0 aliphatic carbocycles. The quantitative estimate of drug-likeness (QED) is 0.945. The maximum Gasteiger partial charge on any atom is 0.262 e. The predicted molar refractivity (Wildman–Crippen MR) is 78.2 cm³/mol. The first-order valence-corrected chi connectivity index (χ1v) is 7.58. The van der Waals surface area contributed by atoms with Crippen LogP contribution >= 0.6 is 11.6 Å². The van der Waals surface area contributed by atoms with E-state index in [1.54, 1.807) is 25.1 Å². The highest BCUT2D eigenvalue weighted by Gasteiger charge is 2.17. The molecule has 6 heteroatoms. The van der Waals surface area contributed by atoms with Gasteiger partial charge in [-0.1, -0.05) is 29.8 Å². The van der Waals surface area contributed by atoms with Gasteiger partial charge in [0.05, 0.1) is 27.2 Å². The molecule has 0 heterocycles. The fourth-order valence-electron chi connectivity index (χ4n) is 1.73. The Morgan fingerprint density at radius 1 is 1.20 bits per heavy atom. The molecule has 0 saturated carbocycles. The monoisotopic (exact) mass is 306 g/mol. The number of sulfonamides is 1. The van der Waals surface area contributed by atoms with E-state index < -0.39 is 10.0 Å². The van der Waals surface area contributed by atoms with Crippen LogP contribution in [0.5, 0.6) is 0 Å². The number of nitriles is 1. The van der Waals surface area contributed by atoms with Crippen molar-refractivity contribution in [3.05, 3.63) is 58.6 Å². The lowest BCUT2D eigenvalue weighted by molar-refractivity contribution is 0.600. The Morgan fingerprint density at radius 3 is 2.50 bits per heavy atom. The Bertz CT molecular complexity index is 795. The van der Waals surface area contributed by atoms with Gasteiger partial charge in [0.2, 0.25) is 0 Å². The van der Waals surface area contributed by atoms with E-state index in [4.69, 9.17) is 16.9 Å². The molecule has 1 N–H and O–H groups in total. The number of aryl methyl sites for hydroxylation is 1. The molecule has 102 valence electrons. The van der Waals surface area contributed by atoms with Gasteiger partial charge in [-0.3, -0.25) is 4.72 Å². The first-order valence-electron chi connectivity index (χ1n) is 5.72. The molecule has 4 nitrogen and oxygen atoms in total. The summed E-state index contributed by atoms with van der Waals surface area (Å²) in [4.78, 5) is 0.195. The van der Waals surface area contributed by atoms with Crippen molar-refractivity contribution in [2.75, 3.05) is 4.72 Å². The van der Waals surface area contributed by atoms with Crippen LogP contribution in [0.25, 0.3) is 0 Å². The maximum atomic E-state index is 12.3. The second-order valence-electron chi connectivity index (χ2n) is 4.18. The molecule has 2 rings (SSSR count). The Labute approximate surface area is 122 Å². The largest absolute Gasteiger partial charge is 0.278 e. The fraction of sp³-hybridized carbons (Fsp3) is 0.0714. The van der Waals surface area contributed by atoms with Crippen molar-refractivity contribution in [3.8, 4) is 6.07 Å². The summed E-state index contributed by atoms with van der Waals surface area (Å²) in [5.74, 6) is 0. The van der Waals surface area contributed by atoms with Gasteiger partial charge in [0.15, 0.2) is 0 Å². The molecule has 20 heavy (non-hydrogen) atoms. The first-order chi connectivity index (χ1) is 9.44. The summed E-state index contributed by atoms with van der Waals surface area (Å²) in [7, 11) is -3.70. The highest BCUT2D eigenvalue weighted by Crippen LogP contribution is 2.26. The third-order valence-electron chi connectivity index (χ3n) is 2.73. The van der Waals surface area contributed by atoms with Gasteiger partial charge in [-0.05, 0) is 36.8 Å². The van der Waals surface area contributed by atoms with Crippen LogP contribution in [-0.2, 0) is 10.0 Å². The molecule has 0 spiro atoms. The minimum absolute atomic E-state index is 0.182. The van der Waals surface area contributed by atoms with Crippen molar-refractivity contribution in [1.29, 1.82) is 5.26 Å². The number of rotatable bonds is 3. The molecule has 0 radical (unpaired) electrons. The number of hydrogen-bond acceptors (Lipinski definition) is 3. The van der Waals surface area contributed by atoms with Crippen molar-refractivity contribution in [3.63, 3.8) is 0 Å². The van der Waals surface area contributed by atoms with Gasteiger partial charge in [0.25, 0.3) is 10.0 Å². The van der Waals surface area contributed by atoms with Crippen molar-refractivity contribution in [2.24, 2.45) is 0 Å². The van der Waals surface area contributed by atoms with Gasteiger partial charge >= 0.3 is 0 Å². The van der Waals surface area contributed by atoms with Crippen LogP contribution in [0.3, 0.4) is 0 Å². The Morgan fingerprint density at radius 2 is 1.90 bits per heavy atom. The molecule has 2 aromatic rings. The van der Waals surface area contributed by atoms with E-state index in [2.05, 4.69) is 4.72 Å². The minimum Gasteiger partial charge on any atom is -0.278 e. The lowest BCUT2D eigenvalue weighted by atomic mass is 10.2. The normalized spacial score (nSPS) is 10.8. The number of anilines is 1. The lowest BCUT2D eigenvalue weighted by Crippen LogP contribution is -2.14. The van der Waals surface area contributed by atoms with Crippen molar-refractivity contribution in [1.82, 2.24) is 0 Å². The van der Waals surface area contributed by atoms with E-state index in [0.717, 1.165) is 0 Å². The number of hydrogen-bond donors (Lipinski definition) is 1. The summed E-state index contributed by atoms with van der Waals surface area (Å²) < 4.78 is 27.0. The van der Waals surface area contributed by atoms with E-state index in [9.17, 15) is 8.42 Å². The SMILES string of the molecule is Cc1ccccc1S(=O)(=O)Nc1ccc(C#N)cc1Cl. The predicted octanol–water partition coefficient (Wildman–Crippen LogP) is 3.32. The summed E-state index contributed by atoms with van der Waals surface area (Å²) in [6, 6.07) is 13.0. The molecular weight excluding hydrogens is 296 g/mol. The zero-order valence-corrected chi connectivity index (χ0v) is 12.2. The van der Waals surface area contributed by atoms with Crippen molar-refractivity contribution < 1.29 is 8.42 Å². The van der Waals surface area contributed by atoms with Crippen LogP contribution in [-0.4, -0.2) is 8.42 Å². The Kier molecular flexibility index (Phi) is 3.98. The molecule has 0 aliphatic rings. The van der Waals surface area contributed by atoms with Gasteiger partial charge in [-0.2, -0.15) is 5.26 Å². The molecule has 0 fully saturated rings. The van der Waals surface area contributed by atoms with Crippen LogP contribution in [0.2, 0.25) is 5.02 Å². The maximum absolute atomic E-state index is 12.3. The third-order valence-corrected chi connectivity index (χ3v) is 4.56. The molecule has 0 aliphatic heterocycles. The highest BCUT2D eigenvalue weighted by atomic mass is 35.5. The minimum atomic E-state index is -3.70. The van der Waals surface area contributed by atoms with Crippen LogP contribution in [0.4, 0.5) is 5.69 Å². The Balaban J connectivity index is 2.40. The molecule has 0 saturated heterocycles. The molecule has 0 amide bonds. The molecular formula is C14H11ClN2O2S. The molecule has 0 unspecified atom stereocenters. The van der Waals surface area contributed by atoms with Gasteiger partial charge in [0.1, 0.15) is 0 Å². The number of nitrogens with zero attached hydrogens (tertiary/aromatic N) is 1. The average Bonchev–Trinajstić information content (AvgIpc) is 2.41. The fourth-order valence-corrected chi connectivity index (χ4v) is 3.34. The Hall–Kier alpha value is -2.03. The summed E-state index contributed by atoms with van der Waals surface area (Å²) >= 11 is 5.96. The summed E-state index contributed by atoms with van der Waals surface area (Å²) in [5, 5.41) is 8.93. The van der Waals surface area contributed by atoms with Gasteiger partial charge in [-0.25, -0.2) is 8.42 Å². The molecule has 0 bridgehead atoms. The second kappa shape index (κ2) is 5.53. The number of nitrogens with one attached hydrogen (secondary N) is 1. The zero-order valence-electron chi connectivity index (χ0n) is 10.6. The van der Waals surface area contributed by atoms with Gasteiger partial charge in [0, 0.05) is 0 Å². The van der Waals surface area contributed by atoms with Gasteiger partial charge in [-0.15, -0.1) is 0 Å².